The molecule has 1 N–H and O–H groups in total. The summed E-state index contributed by atoms with van der Waals surface area (Å²) < 4.78 is 0. The molecule has 6 nitrogen and oxygen atoms in total. The van der Waals surface area contributed by atoms with Crippen LogP contribution >= 0.6 is 11.3 Å². The fourth-order valence-corrected chi connectivity index (χ4v) is 4.33. The van der Waals surface area contributed by atoms with Crippen molar-refractivity contribution in [3.63, 3.8) is 0 Å². The summed E-state index contributed by atoms with van der Waals surface area (Å²) in [5, 5.41) is 6.17. The van der Waals surface area contributed by atoms with Crippen molar-refractivity contribution in [3.05, 3.63) is 81.8 Å². The average Bonchev–Trinajstić information content (AvgIpc) is 3.28. The molecule has 0 atom stereocenters. The first kappa shape index (κ1) is 21.2. The summed E-state index contributed by atoms with van der Waals surface area (Å²) in [5.41, 5.74) is 3.03. The second kappa shape index (κ2) is 9.85. The first-order valence-corrected chi connectivity index (χ1v) is 11.4. The van der Waals surface area contributed by atoms with Gasteiger partial charge in [-0.2, -0.15) is 0 Å². The van der Waals surface area contributed by atoms with E-state index in [2.05, 4.69) is 27.5 Å². The number of benzene rings is 2. The zero-order chi connectivity index (χ0) is 21.6. The van der Waals surface area contributed by atoms with E-state index in [1.165, 1.54) is 5.01 Å². The molecular weight excluding hydrogens is 408 g/mol. The van der Waals surface area contributed by atoms with Crippen LogP contribution in [0.5, 0.6) is 0 Å². The number of aryl methyl sites for hydroxylation is 1. The molecule has 1 saturated heterocycles. The Bertz CT molecular complexity index is 1030. The van der Waals surface area contributed by atoms with E-state index in [9.17, 15) is 9.59 Å². The molecule has 3 aromatic rings. The Hall–Kier alpha value is -3.03. The Morgan fingerprint density at radius 1 is 0.968 bits per heavy atom. The van der Waals surface area contributed by atoms with E-state index in [-0.39, 0.29) is 11.8 Å². The molecule has 1 aliphatic heterocycles. The minimum atomic E-state index is -0.165. The van der Waals surface area contributed by atoms with Crippen LogP contribution in [0.15, 0.2) is 60.0 Å². The van der Waals surface area contributed by atoms with Gasteiger partial charge in [-0.05, 0) is 42.8 Å². The van der Waals surface area contributed by atoms with Crippen LogP contribution < -0.4 is 5.32 Å². The van der Waals surface area contributed by atoms with Gasteiger partial charge in [-0.3, -0.25) is 14.5 Å². The number of carbonyl (C=O) groups is 2. The molecule has 0 unspecified atom stereocenters. The van der Waals surface area contributed by atoms with Crippen molar-refractivity contribution < 1.29 is 9.59 Å². The lowest BCUT2D eigenvalue weighted by atomic mass is 10.1. The van der Waals surface area contributed by atoms with Crippen molar-refractivity contribution in [1.82, 2.24) is 14.8 Å². The topological polar surface area (TPSA) is 65.5 Å². The highest BCUT2D eigenvalue weighted by Crippen LogP contribution is 2.16. The second-order valence-corrected chi connectivity index (χ2v) is 8.49. The van der Waals surface area contributed by atoms with E-state index in [0.29, 0.717) is 29.9 Å². The Morgan fingerprint density at radius 3 is 2.32 bits per heavy atom. The van der Waals surface area contributed by atoms with E-state index in [1.807, 2.05) is 23.1 Å². The maximum absolute atomic E-state index is 12.9. The van der Waals surface area contributed by atoms with Gasteiger partial charge in [0, 0.05) is 54.9 Å². The molecule has 2 heterocycles. The second-order valence-electron chi connectivity index (χ2n) is 7.55. The van der Waals surface area contributed by atoms with Gasteiger partial charge in [0.25, 0.3) is 11.8 Å². The molecule has 0 spiro atoms. The highest BCUT2D eigenvalue weighted by molar-refractivity contribution is 7.09. The quantitative estimate of drug-likeness (QED) is 0.639. The minimum Gasteiger partial charge on any atom is -0.336 e. The molecule has 7 heteroatoms. The average molecular weight is 435 g/mol. The maximum atomic E-state index is 12.9. The third-order valence-electron chi connectivity index (χ3n) is 5.37. The Morgan fingerprint density at radius 2 is 1.68 bits per heavy atom. The number of amides is 2. The number of carbonyl (C=O) groups excluding carboxylic acids is 2. The molecule has 2 amide bonds. The number of rotatable bonds is 6. The van der Waals surface area contributed by atoms with Gasteiger partial charge in [-0.25, -0.2) is 4.98 Å². The number of anilines is 1. The Labute approximate surface area is 186 Å². The van der Waals surface area contributed by atoms with Crippen molar-refractivity contribution >= 4 is 28.8 Å². The van der Waals surface area contributed by atoms with Crippen LogP contribution in [0.1, 0.15) is 38.3 Å². The van der Waals surface area contributed by atoms with Crippen LogP contribution in [0.2, 0.25) is 0 Å². The summed E-state index contributed by atoms with van der Waals surface area (Å²) >= 11 is 1.72. The normalized spacial score (nSPS) is 14.4. The molecule has 0 radical (unpaired) electrons. The van der Waals surface area contributed by atoms with Gasteiger partial charge in [0.05, 0.1) is 10.7 Å². The third-order valence-corrected chi connectivity index (χ3v) is 6.41. The molecule has 31 heavy (non-hydrogen) atoms. The van der Waals surface area contributed by atoms with Crippen LogP contribution in [0.4, 0.5) is 5.69 Å². The molecule has 1 aromatic heterocycles. The lowest BCUT2D eigenvalue weighted by Crippen LogP contribution is -2.48. The zero-order valence-electron chi connectivity index (χ0n) is 17.6. The number of nitrogens with zero attached hydrogens (tertiary/aromatic N) is 3. The minimum absolute atomic E-state index is 0.0301. The van der Waals surface area contributed by atoms with E-state index in [4.69, 9.17) is 0 Å². The smallest absolute Gasteiger partial charge is 0.255 e. The van der Waals surface area contributed by atoms with E-state index < -0.39 is 0 Å². The van der Waals surface area contributed by atoms with Gasteiger partial charge < -0.3 is 10.2 Å². The Balaban J connectivity index is 1.29. The van der Waals surface area contributed by atoms with Gasteiger partial charge in [0.2, 0.25) is 0 Å². The van der Waals surface area contributed by atoms with Crippen LogP contribution in [-0.4, -0.2) is 52.8 Å². The number of thiazole rings is 1. The summed E-state index contributed by atoms with van der Waals surface area (Å²) in [4.78, 5) is 34.0. The Kier molecular flexibility index (Phi) is 6.74. The highest BCUT2D eigenvalue weighted by atomic mass is 32.1. The predicted molar refractivity (Wildman–Crippen MR) is 124 cm³/mol. The van der Waals surface area contributed by atoms with Crippen molar-refractivity contribution in [2.45, 2.75) is 19.9 Å². The van der Waals surface area contributed by atoms with E-state index >= 15 is 0 Å². The van der Waals surface area contributed by atoms with Crippen molar-refractivity contribution in [1.29, 1.82) is 0 Å². The van der Waals surface area contributed by atoms with Crippen LogP contribution in [-0.2, 0) is 13.0 Å². The number of nitrogens with one attached hydrogen (secondary N) is 1. The van der Waals surface area contributed by atoms with Crippen LogP contribution in [0.3, 0.4) is 0 Å². The van der Waals surface area contributed by atoms with Gasteiger partial charge in [0.15, 0.2) is 0 Å². The van der Waals surface area contributed by atoms with Crippen LogP contribution in [0.25, 0.3) is 0 Å². The molecule has 1 fully saturated rings. The summed E-state index contributed by atoms with van der Waals surface area (Å²) in [6, 6.07) is 16.2. The van der Waals surface area contributed by atoms with Gasteiger partial charge in [0.1, 0.15) is 0 Å². The molecule has 0 saturated carbocycles. The SMILES string of the molecule is CCc1nc(CN2CCN(C(=O)c3ccc(NC(=O)c4ccccc4)cc3)CC2)cs1. The lowest BCUT2D eigenvalue weighted by Gasteiger charge is -2.34. The van der Waals surface area contributed by atoms with Crippen molar-refractivity contribution in [2.24, 2.45) is 0 Å². The summed E-state index contributed by atoms with van der Waals surface area (Å²) in [6.45, 7) is 6.06. The van der Waals surface area contributed by atoms with Gasteiger partial charge in [-0.1, -0.05) is 25.1 Å². The molecule has 0 aliphatic carbocycles. The standard InChI is InChI=1S/C24H26N4O2S/c1-2-22-25-21(17-31-22)16-27-12-14-28(15-13-27)24(30)19-8-10-20(11-9-19)26-23(29)18-6-4-3-5-7-18/h3-11,17H,2,12-16H2,1H3,(H,26,29). The molecular formula is C24H26N4O2S. The van der Waals surface area contributed by atoms with Crippen molar-refractivity contribution in [3.8, 4) is 0 Å². The molecule has 1 aliphatic rings. The molecule has 4 rings (SSSR count). The predicted octanol–water partition coefficient (Wildman–Crippen LogP) is 3.92. The number of piperazine rings is 1. The molecule has 2 aromatic carbocycles. The maximum Gasteiger partial charge on any atom is 0.255 e. The summed E-state index contributed by atoms with van der Waals surface area (Å²) in [7, 11) is 0. The summed E-state index contributed by atoms with van der Waals surface area (Å²) in [6.07, 6.45) is 0.974. The summed E-state index contributed by atoms with van der Waals surface area (Å²) in [5.74, 6) is -0.135. The number of aromatic nitrogens is 1. The first-order valence-electron chi connectivity index (χ1n) is 10.5. The highest BCUT2D eigenvalue weighted by Gasteiger charge is 2.22. The number of hydrogen-bond acceptors (Lipinski definition) is 5. The fourth-order valence-electron chi connectivity index (χ4n) is 3.59. The molecule has 0 bridgehead atoms. The van der Waals surface area contributed by atoms with Gasteiger partial charge >= 0.3 is 0 Å². The van der Waals surface area contributed by atoms with Crippen LogP contribution in [0, 0.1) is 0 Å². The number of hydrogen-bond donors (Lipinski definition) is 1. The zero-order valence-corrected chi connectivity index (χ0v) is 18.4. The van der Waals surface area contributed by atoms with E-state index in [0.717, 1.165) is 31.7 Å². The molecule has 160 valence electrons. The van der Waals surface area contributed by atoms with E-state index in [1.54, 1.807) is 47.7 Å². The lowest BCUT2D eigenvalue weighted by molar-refractivity contribution is 0.0627. The third kappa shape index (κ3) is 5.37. The monoisotopic (exact) mass is 434 g/mol. The fraction of sp³-hybridized carbons (Fsp3) is 0.292. The van der Waals surface area contributed by atoms with Gasteiger partial charge in [-0.15, -0.1) is 11.3 Å². The largest absolute Gasteiger partial charge is 0.336 e. The van der Waals surface area contributed by atoms with Crippen molar-refractivity contribution in [2.75, 3.05) is 31.5 Å². The first-order chi connectivity index (χ1) is 15.1.